The molecule has 0 saturated carbocycles. The molecule has 1 saturated heterocycles. The maximum Gasteiger partial charge on any atom is 0.272 e. The Morgan fingerprint density at radius 3 is 2.64 bits per heavy atom. The van der Waals surface area contributed by atoms with Crippen molar-refractivity contribution < 1.29 is 9.21 Å². The van der Waals surface area contributed by atoms with Gasteiger partial charge in [0.1, 0.15) is 11.5 Å². The van der Waals surface area contributed by atoms with Gasteiger partial charge in [-0.3, -0.25) is 4.79 Å². The molecule has 1 amide bonds. The number of rotatable bonds is 5. The van der Waals surface area contributed by atoms with Crippen molar-refractivity contribution in [3.63, 3.8) is 0 Å². The van der Waals surface area contributed by atoms with Crippen molar-refractivity contribution in [1.82, 2.24) is 9.88 Å². The molecule has 0 aliphatic carbocycles. The third-order valence-electron chi connectivity index (χ3n) is 4.96. The largest absolute Gasteiger partial charge is 0.467 e. The second-order valence-corrected chi connectivity index (χ2v) is 6.98. The van der Waals surface area contributed by atoms with E-state index < -0.39 is 0 Å². The van der Waals surface area contributed by atoms with E-state index in [1.807, 2.05) is 23.1 Å². The molecule has 6 nitrogen and oxygen atoms in total. The molecule has 3 aromatic rings. The highest BCUT2D eigenvalue weighted by Gasteiger charge is 2.23. The summed E-state index contributed by atoms with van der Waals surface area (Å²) in [4.78, 5) is 21.3. The number of benzene rings is 1. The number of aromatic nitrogens is 1. The minimum absolute atomic E-state index is 0.0125. The van der Waals surface area contributed by atoms with Crippen molar-refractivity contribution in [3.8, 4) is 0 Å². The Morgan fingerprint density at radius 1 is 1.11 bits per heavy atom. The monoisotopic (exact) mass is 376 g/mol. The highest BCUT2D eigenvalue weighted by molar-refractivity contribution is 5.92. The quantitative estimate of drug-likeness (QED) is 0.738. The van der Waals surface area contributed by atoms with Crippen LogP contribution in [-0.4, -0.2) is 42.0 Å². The van der Waals surface area contributed by atoms with Gasteiger partial charge in [0, 0.05) is 31.9 Å². The highest BCUT2D eigenvalue weighted by atomic mass is 16.3. The van der Waals surface area contributed by atoms with Gasteiger partial charge in [0.05, 0.1) is 24.7 Å². The summed E-state index contributed by atoms with van der Waals surface area (Å²) >= 11 is 0. The van der Waals surface area contributed by atoms with Gasteiger partial charge in [-0.1, -0.05) is 12.1 Å². The molecule has 1 aliphatic rings. The molecule has 2 aromatic heterocycles. The second kappa shape index (κ2) is 8.17. The van der Waals surface area contributed by atoms with Gasteiger partial charge in [0.15, 0.2) is 0 Å². The van der Waals surface area contributed by atoms with Gasteiger partial charge < -0.3 is 19.5 Å². The zero-order chi connectivity index (χ0) is 19.3. The molecule has 0 atom stereocenters. The van der Waals surface area contributed by atoms with Gasteiger partial charge in [-0.15, -0.1) is 0 Å². The smallest absolute Gasteiger partial charge is 0.272 e. The van der Waals surface area contributed by atoms with Crippen LogP contribution in [0.2, 0.25) is 0 Å². The fourth-order valence-corrected chi connectivity index (χ4v) is 3.38. The number of hydrogen-bond donors (Lipinski definition) is 1. The number of carbonyl (C=O) groups excluding carboxylic acids is 1. The molecule has 3 heterocycles. The molecule has 0 unspecified atom stereocenters. The normalized spacial score (nSPS) is 14.2. The van der Waals surface area contributed by atoms with Gasteiger partial charge in [-0.25, -0.2) is 4.98 Å². The molecule has 144 valence electrons. The van der Waals surface area contributed by atoms with Crippen molar-refractivity contribution in [1.29, 1.82) is 0 Å². The van der Waals surface area contributed by atoms with Gasteiger partial charge >= 0.3 is 0 Å². The molecule has 1 N–H and O–H groups in total. The van der Waals surface area contributed by atoms with Crippen LogP contribution in [-0.2, 0) is 6.54 Å². The lowest BCUT2D eigenvalue weighted by Crippen LogP contribution is -2.49. The first-order chi connectivity index (χ1) is 13.7. The van der Waals surface area contributed by atoms with Crippen LogP contribution in [0.25, 0.3) is 0 Å². The Kier molecular flexibility index (Phi) is 5.28. The summed E-state index contributed by atoms with van der Waals surface area (Å²) in [6, 6.07) is 15.9. The van der Waals surface area contributed by atoms with Crippen LogP contribution < -0.4 is 10.2 Å². The van der Waals surface area contributed by atoms with Crippen molar-refractivity contribution in [2.75, 3.05) is 36.4 Å². The van der Waals surface area contributed by atoms with Crippen LogP contribution in [0, 0.1) is 6.92 Å². The van der Waals surface area contributed by atoms with Gasteiger partial charge in [-0.2, -0.15) is 0 Å². The molecule has 1 fully saturated rings. The van der Waals surface area contributed by atoms with Crippen LogP contribution in [0.4, 0.5) is 11.4 Å². The predicted octanol–water partition coefficient (Wildman–Crippen LogP) is 3.56. The average Bonchev–Trinajstić information content (AvgIpc) is 3.26. The maximum atomic E-state index is 12.8. The van der Waals surface area contributed by atoms with E-state index >= 15 is 0 Å². The Labute approximate surface area is 164 Å². The standard InChI is InChI=1S/C22H24N4O2/c1-17-4-2-5-19(14-17)25-9-11-26(12-10-25)22(27)21-8-7-18(15-24-21)23-16-20-6-3-13-28-20/h2-8,13-15,23H,9-12,16H2,1H3. The van der Waals surface area contributed by atoms with Gasteiger partial charge in [0.25, 0.3) is 5.91 Å². The van der Waals surface area contributed by atoms with Gasteiger partial charge in [0.2, 0.25) is 0 Å². The highest BCUT2D eigenvalue weighted by Crippen LogP contribution is 2.19. The maximum absolute atomic E-state index is 12.8. The lowest BCUT2D eigenvalue weighted by molar-refractivity contribution is 0.0741. The van der Waals surface area contributed by atoms with Crippen molar-refractivity contribution >= 4 is 17.3 Å². The third-order valence-corrected chi connectivity index (χ3v) is 4.96. The van der Waals surface area contributed by atoms with Crippen molar-refractivity contribution in [3.05, 3.63) is 78.0 Å². The summed E-state index contributed by atoms with van der Waals surface area (Å²) in [5, 5.41) is 3.23. The van der Waals surface area contributed by atoms with Crippen molar-refractivity contribution in [2.24, 2.45) is 0 Å². The number of nitrogens with one attached hydrogen (secondary N) is 1. The van der Waals surface area contributed by atoms with E-state index in [9.17, 15) is 4.79 Å². The molecule has 1 aromatic carbocycles. The Hall–Kier alpha value is -3.28. The summed E-state index contributed by atoms with van der Waals surface area (Å²) in [7, 11) is 0. The number of hydrogen-bond acceptors (Lipinski definition) is 5. The van der Waals surface area contributed by atoms with Crippen LogP contribution in [0.15, 0.2) is 65.4 Å². The lowest BCUT2D eigenvalue weighted by atomic mass is 10.2. The van der Waals surface area contributed by atoms with E-state index in [0.29, 0.717) is 25.3 Å². The topological polar surface area (TPSA) is 61.6 Å². The van der Waals surface area contributed by atoms with E-state index in [-0.39, 0.29) is 5.91 Å². The number of aryl methyl sites for hydroxylation is 1. The Morgan fingerprint density at radius 2 is 1.96 bits per heavy atom. The number of furan rings is 1. The fraction of sp³-hybridized carbons (Fsp3) is 0.273. The molecule has 0 spiro atoms. The van der Waals surface area contributed by atoms with Crippen LogP contribution in [0.3, 0.4) is 0 Å². The number of anilines is 2. The number of carbonyl (C=O) groups is 1. The summed E-state index contributed by atoms with van der Waals surface area (Å²) in [5.74, 6) is 0.841. The van der Waals surface area contributed by atoms with E-state index in [0.717, 1.165) is 24.5 Å². The Bertz CT molecular complexity index is 914. The first-order valence-electron chi connectivity index (χ1n) is 9.52. The summed E-state index contributed by atoms with van der Waals surface area (Å²) in [6.45, 7) is 5.75. The molecule has 6 heteroatoms. The number of piperazine rings is 1. The van der Waals surface area contributed by atoms with E-state index in [4.69, 9.17) is 4.42 Å². The van der Waals surface area contributed by atoms with E-state index in [1.54, 1.807) is 18.5 Å². The third kappa shape index (κ3) is 4.17. The zero-order valence-corrected chi connectivity index (χ0v) is 16.0. The number of pyridine rings is 1. The molecular weight excluding hydrogens is 352 g/mol. The van der Waals surface area contributed by atoms with Crippen LogP contribution in [0.5, 0.6) is 0 Å². The number of amides is 1. The Balaban J connectivity index is 1.32. The van der Waals surface area contributed by atoms with Crippen molar-refractivity contribution in [2.45, 2.75) is 13.5 Å². The second-order valence-electron chi connectivity index (χ2n) is 6.98. The fourth-order valence-electron chi connectivity index (χ4n) is 3.38. The SMILES string of the molecule is Cc1cccc(N2CCN(C(=O)c3ccc(NCc4ccco4)cn3)CC2)c1. The summed E-state index contributed by atoms with van der Waals surface area (Å²) < 4.78 is 5.30. The molecule has 4 rings (SSSR count). The predicted molar refractivity (Wildman–Crippen MR) is 110 cm³/mol. The molecule has 28 heavy (non-hydrogen) atoms. The zero-order valence-electron chi connectivity index (χ0n) is 16.0. The van der Waals surface area contributed by atoms with E-state index in [1.165, 1.54) is 11.3 Å². The number of nitrogens with zero attached hydrogens (tertiary/aromatic N) is 3. The lowest BCUT2D eigenvalue weighted by Gasteiger charge is -2.36. The minimum atomic E-state index is -0.0125. The average molecular weight is 376 g/mol. The first-order valence-corrected chi connectivity index (χ1v) is 9.52. The first kappa shape index (κ1) is 18.1. The summed E-state index contributed by atoms with van der Waals surface area (Å²) in [5.41, 5.74) is 3.81. The van der Waals surface area contributed by atoms with E-state index in [2.05, 4.69) is 46.4 Å². The molecule has 0 radical (unpaired) electrons. The molecule has 1 aliphatic heterocycles. The van der Waals surface area contributed by atoms with Gasteiger partial charge in [-0.05, 0) is 48.9 Å². The molecule has 0 bridgehead atoms. The van der Waals surface area contributed by atoms with Crippen LogP contribution in [0.1, 0.15) is 21.8 Å². The molecular formula is C22H24N4O2. The minimum Gasteiger partial charge on any atom is -0.467 e. The van der Waals surface area contributed by atoms with Crippen LogP contribution >= 0.6 is 0 Å². The summed E-state index contributed by atoms with van der Waals surface area (Å²) in [6.07, 6.45) is 3.34.